The van der Waals surface area contributed by atoms with Crippen LogP contribution >= 0.6 is 15.9 Å². The molecule has 0 aromatic heterocycles. The molecule has 0 heterocycles. The van der Waals surface area contributed by atoms with Crippen molar-refractivity contribution >= 4 is 21.6 Å². The third-order valence-corrected chi connectivity index (χ3v) is 3.70. The molecule has 0 amide bonds. The van der Waals surface area contributed by atoms with Crippen molar-refractivity contribution in [2.45, 2.75) is 32.2 Å². The minimum absolute atomic E-state index is 0.0604. The first-order valence-electron chi connectivity index (χ1n) is 6.43. The molecule has 0 aliphatic heterocycles. The summed E-state index contributed by atoms with van der Waals surface area (Å²) in [5.74, 6) is 0. The Bertz CT molecular complexity index is 369. The number of nitrogens with two attached hydrogens (primary N) is 1. The fraction of sp³-hybridized carbons (Fsp3) is 0.571. The van der Waals surface area contributed by atoms with Gasteiger partial charge in [-0.25, -0.2) is 0 Å². The monoisotopic (exact) mass is 314 g/mol. The molecule has 0 aliphatic carbocycles. The van der Waals surface area contributed by atoms with E-state index in [-0.39, 0.29) is 12.6 Å². The van der Waals surface area contributed by atoms with E-state index in [2.05, 4.69) is 46.1 Å². The van der Waals surface area contributed by atoms with Crippen molar-refractivity contribution < 1.29 is 5.11 Å². The van der Waals surface area contributed by atoms with Gasteiger partial charge >= 0.3 is 0 Å². The van der Waals surface area contributed by atoms with E-state index in [0.717, 1.165) is 35.8 Å². The average Bonchev–Trinajstić information content (AvgIpc) is 2.34. The standard InChI is InChI=1S/C14H23BrN2O/c1-11(16)12-6-7-14(13(15)10-12)17(2)8-4-3-5-9-18/h6-7,10-11,18H,3-5,8-9,16H2,1-2H3/t11-/m0/s1. The van der Waals surface area contributed by atoms with Crippen LogP contribution in [0.3, 0.4) is 0 Å². The van der Waals surface area contributed by atoms with Crippen LogP contribution in [0.4, 0.5) is 5.69 Å². The molecule has 0 fully saturated rings. The summed E-state index contributed by atoms with van der Waals surface area (Å²) in [5.41, 5.74) is 8.19. The number of unbranched alkanes of at least 4 members (excludes halogenated alkanes) is 2. The van der Waals surface area contributed by atoms with Crippen LogP contribution in [-0.4, -0.2) is 25.3 Å². The smallest absolute Gasteiger partial charge is 0.0508 e. The predicted octanol–water partition coefficient (Wildman–Crippen LogP) is 3.07. The van der Waals surface area contributed by atoms with Crippen molar-refractivity contribution in [3.05, 3.63) is 28.2 Å². The molecule has 0 saturated carbocycles. The summed E-state index contributed by atoms with van der Waals surface area (Å²) in [7, 11) is 2.09. The van der Waals surface area contributed by atoms with E-state index in [4.69, 9.17) is 10.8 Å². The summed E-state index contributed by atoms with van der Waals surface area (Å²) in [5, 5.41) is 8.74. The number of benzene rings is 1. The highest BCUT2D eigenvalue weighted by atomic mass is 79.9. The second-order valence-electron chi connectivity index (χ2n) is 4.71. The molecule has 0 radical (unpaired) electrons. The van der Waals surface area contributed by atoms with Crippen molar-refractivity contribution in [1.29, 1.82) is 0 Å². The number of hydrogen-bond acceptors (Lipinski definition) is 3. The van der Waals surface area contributed by atoms with E-state index in [0.29, 0.717) is 0 Å². The molecule has 1 rings (SSSR count). The Morgan fingerprint density at radius 2 is 2.06 bits per heavy atom. The fourth-order valence-electron chi connectivity index (χ4n) is 1.87. The molecule has 3 nitrogen and oxygen atoms in total. The Morgan fingerprint density at radius 3 is 2.61 bits per heavy atom. The number of aliphatic hydroxyl groups is 1. The Hall–Kier alpha value is -0.580. The lowest BCUT2D eigenvalue weighted by molar-refractivity contribution is 0.283. The zero-order valence-electron chi connectivity index (χ0n) is 11.2. The van der Waals surface area contributed by atoms with Crippen LogP contribution in [-0.2, 0) is 0 Å². The molecular formula is C14H23BrN2O. The molecule has 102 valence electrons. The van der Waals surface area contributed by atoms with Crippen molar-refractivity contribution in [1.82, 2.24) is 0 Å². The first-order chi connectivity index (χ1) is 8.56. The van der Waals surface area contributed by atoms with Crippen molar-refractivity contribution in [2.24, 2.45) is 5.73 Å². The van der Waals surface area contributed by atoms with Crippen molar-refractivity contribution in [3.8, 4) is 0 Å². The number of aliphatic hydroxyl groups excluding tert-OH is 1. The summed E-state index contributed by atoms with van der Waals surface area (Å²) < 4.78 is 1.09. The molecule has 1 aromatic carbocycles. The van der Waals surface area contributed by atoms with Crippen molar-refractivity contribution in [2.75, 3.05) is 25.1 Å². The second kappa shape index (κ2) is 7.77. The molecule has 3 N–H and O–H groups in total. The maximum atomic E-state index is 8.74. The summed E-state index contributed by atoms with van der Waals surface area (Å²) in [6.45, 7) is 3.27. The van der Waals surface area contributed by atoms with Crippen LogP contribution in [0.5, 0.6) is 0 Å². The Morgan fingerprint density at radius 1 is 1.33 bits per heavy atom. The third-order valence-electron chi connectivity index (χ3n) is 3.06. The lowest BCUT2D eigenvalue weighted by Crippen LogP contribution is -2.19. The van der Waals surface area contributed by atoms with E-state index >= 15 is 0 Å². The molecule has 0 spiro atoms. The third kappa shape index (κ3) is 4.59. The second-order valence-corrected chi connectivity index (χ2v) is 5.56. The van der Waals surface area contributed by atoms with Crippen LogP contribution in [0.2, 0.25) is 0 Å². The summed E-state index contributed by atoms with van der Waals surface area (Å²) in [6.07, 6.45) is 3.05. The van der Waals surface area contributed by atoms with Gasteiger partial charge in [0.15, 0.2) is 0 Å². The van der Waals surface area contributed by atoms with E-state index in [1.165, 1.54) is 5.69 Å². The lowest BCUT2D eigenvalue weighted by Gasteiger charge is -2.21. The van der Waals surface area contributed by atoms with Crippen LogP contribution < -0.4 is 10.6 Å². The van der Waals surface area contributed by atoms with E-state index in [1.807, 2.05) is 6.92 Å². The Labute approximate surface area is 118 Å². The SMILES string of the molecule is C[C@H](N)c1ccc(N(C)CCCCCO)c(Br)c1. The van der Waals surface area contributed by atoms with Gasteiger partial charge in [-0.05, 0) is 59.8 Å². The predicted molar refractivity (Wildman–Crippen MR) is 81.0 cm³/mol. The first kappa shape index (κ1) is 15.5. The first-order valence-corrected chi connectivity index (χ1v) is 7.22. The number of hydrogen-bond donors (Lipinski definition) is 2. The van der Waals surface area contributed by atoms with E-state index < -0.39 is 0 Å². The number of halogens is 1. The highest BCUT2D eigenvalue weighted by molar-refractivity contribution is 9.10. The molecule has 4 heteroatoms. The minimum Gasteiger partial charge on any atom is -0.396 e. The van der Waals surface area contributed by atoms with Gasteiger partial charge in [0.25, 0.3) is 0 Å². The normalized spacial score (nSPS) is 12.5. The van der Waals surface area contributed by atoms with Gasteiger partial charge in [-0.15, -0.1) is 0 Å². The van der Waals surface area contributed by atoms with Crippen LogP contribution in [0, 0.1) is 0 Å². The quantitative estimate of drug-likeness (QED) is 0.760. The number of anilines is 1. The number of nitrogens with zero attached hydrogens (tertiary/aromatic N) is 1. The number of rotatable bonds is 7. The van der Waals surface area contributed by atoms with E-state index in [1.54, 1.807) is 0 Å². The topological polar surface area (TPSA) is 49.5 Å². The zero-order chi connectivity index (χ0) is 13.5. The maximum Gasteiger partial charge on any atom is 0.0508 e. The van der Waals surface area contributed by atoms with Crippen molar-refractivity contribution in [3.63, 3.8) is 0 Å². The van der Waals surface area contributed by atoms with Crippen LogP contribution in [0.25, 0.3) is 0 Å². The summed E-state index contributed by atoms with van der Waals surface area (Å²) in [4.78, 5) is 2.23. The van der Waals surface area contributed by atoms with Gasteiger partial charge in [0.05, 0.1) is 5.69 Å². The molecule has 18 heavy (non-hydrogen) atoms. The molecule has 0 unspecified atom stereocenters. The zero-order valence-corrected chi connectivity index (χ0v) is 12.8. The molecule has 1 aromatic rings. The van der Waals surface area contributed by atoms with E-state index in [9.17, 15) is 0 Å². The van der Waals surface area contributed by atoms with Gasteiger partial charge in [0.1, 0.15) is 0 Å². The maximum absolute atomic E-state index is 8.74. The largest absolute Gasteiger partial charge is 0.396 e. The van der Waals surface area contributed by atoms with Gasteiger partial charge in [-0.3, -0.25) is 0 Å². The van der Waals surface area contributed by atoms with Crippen LogP contribution in [0.1, 0.15) is 37.8 Å². The highest BCUT2D eigenvalue weighted by Crippen LogP contribution is 2.28. The molecule has 0 saturated heterocycles. The molecule has 1 atom stereocenters. The van der Waals surface area contributed by atoms with Gasteiger partial charge in [-0.2, -0.15) is 0 Å². The molecule has 0 aliphatic rings. The minimum atomic E-state index is 0.0604. The van der Waals surface area contributed by atoms with Gasteiger partial charge in [0.2, 0.25) is 0 Å². The Kier molecular flexibility index (Phi) is 6.68. The Balaban J connectivity index is 2.60. The summed E-state index contributed by atoms with van der Waals surface area (Å²) >= 11 is 3.60. The average molecular weight is 315 g/mol. The van der Waals surface area contributed by atoms with Gasteiger partial charge in [0, 0.05) is 30.7 Å². The lowest BCUT2D eigenvalue weighted by atomic mass is 10.1. The molecular weight excluding hydrogens is 292 g/mol. The fourth-order valence-corrected chi connectivity index (χ4v) is 2.57. The van der Waals surface area contributed by atoms with Gasteiger partial charge < -0.3 is 15.7 Å². The van der Waals surface area contributed by atoms with Gasteiger partial charge in [-0.1, -0.05) is 6.07 Å². The molecule has 0 bridgehead atoms. The highest BCUT2D eigenvalue weighted by Gasteiger charge is 2.08. The summed E-state index contributed by atoms with van der Waals surface area (Å²) in [6, 6.07) is 6.33. The van der Waals surface area contributed by atoms with Crippen LogP contribution in [0.15, 0.2) is 22.7 Å².